The van der Waals surface area contributed by atoms with Gasteiger partial charge in [0.15, 0.2) is 0 Å². The van der Waals surface area contributed by atoms with Gasteiger partial charge in [0.25, 0.3) is 0 Å². The summed E-state index contributed by atoms with van der Waals surface area (Å²) >= 11 is 0. The van der Waals surface area contributed by atoms with E-state index in [1.54, 1.807) is 0 Å². The van der Waals surface area contributed by atoms with Gasteiger partial charge in [-0.25, -0.2) is 9.78 Å². The number of benzene rings is 1. The molecule has 1 aromatic carbocycles. The predicted molar refractivity (Wildman–Crippen MR) is 119 cm³/mol. The van der Waals surface area contributed by atoms with Crippen molar-refractivity contribution >= 4 is 29.7 Å². The second-order valence-corrected chi connectivity index (χ2v) is 7.53. The van der Waals surface area contributed by atoms with Crippen LogP contribution in [0.2, 0.25) is 0 Å². The highest BCUT2D eigenvalue weighted by Crippen LogP contribution is 2.12. The van der Waals surface area contributed by atoms with Gasteiger partial charge < -0.3 is 42.0 Å². The van der Waals surface area contributed by atoms with Gasteiger partial charge in [0.1, 0.15) is 23.9 Å². The highest BCUT2D eigenvalue weighted by molar-refractivity contribution is 5.95. The third kappa shape index (κ3) is 8.77. The maximum atomic E-state index is 12.9. The van der Waals surface area contributed by atoms with E-state index in [2.05, 4.69) is 25.9 Å². The number of carbonyl (C=O) groups is 5. The standard InChI is InChI=1S/C21H26N6O8/c22-8-17(29)25-14(5-11-1-3-13(28)4-2-11)19(32)26-15(7-18(30)31)20(33)27-16(21(34)35)6-12-9-23-10-24-12/h1-4,9-10,14-16,28H,5-8,22H2,(H,23,24)(H,25,29)(H,26,32)(H,27,33)(H,30,31)(H,34,35). The summed E-state index contributed by atoms with van der Waals surface area (Å²) in [5.74, 6) is -5.42. The number of aromatic nitrogens is 2. The maximum absolute atomic E-state index is 12.9. The number of aromatic hydroxyl groups is 1. The predicted octanol–water partition coefficient (Wildman–Crippen LogP) is -2.13. The molecule has 35 heavy (non-hydrogen) atoms. The molecule has 2 aromatic rings. The van der Waals surface area contributed by atoms with Crippen LogP contribution in [-0.4, -0.2) is 79.6 Å². The number of aromatic amines is 1. The van der Waals surface area contributed by atoms with Crippen molar-refractivity contribution in [3.05, 3.63) is 48.0 Å². The SMILES string of the molecule is NCC(=O)NC(Cc1ccc(O)cc1)C(=O)NC(CC(=O)O)C(=O)NC(Cc1cnc[nH]1)C(=O)O. The van der Waals surface area contributed by atoms with Crippen molar-refractivity contribution < 1.29 is 39.3 Å². The van der Waals surface area contributed by atoms with Gasteiger partial charge in [-0.1, -0.05) is 12.1 Å². The Balaban J connectivity index is 2.17. The Hall–Kier alpha value is -4.46. The van der Waals surface area contributed by atoms with E-state index in [4.69, 9.17) is 5.73 Å². The first-order valence-corrected chi connectivity index (χ1v) is 10.4. The van der Waals surface area contributed by atoms with E-state index in [1.807, 2.05) is 0 Å². The Bertz CT molecular complexity index is 1040. The van der Waals surface area contributed by atoms with E-state index < -0.39 is 60.8 Å². The van der Waals surface area contributed by atoms with Crippen LogP contribution in [0, 0.1) is 0 Å². The van der Waals surface area contributed by atoms with E-state index in [0.29, 0.717) is 11.3 Å². The molecule has 14 heteroatoms. The maximum Gasteiger partial charge on any atom is 0.326 e. The number of carbonyl (C=O) groups excluding carboxylic acids is 3. The fourth-order valence-electron chi connectivity index (χ4n) is 3.08. The van der Waals surface area contributed by atoms with Crippen LogP contribution < -0.4 is 21.7 Å². The summed E-state index contributed by atoms with van der Waals surface area (Å²) < 4.78 is 0. The minimum Gasteiger partial charge on any atom is -0.508 e. The Morgan fingerprint density at radius 2 is 1.54 bits per heavy atom. The lowest BCUT2D eigenvalue weighted by Crippen LogP contribution is -2.57. The molecule has 0 spiro atoms. The van der Waals surface area contributed by atoms with Crippen LogP contribution in [0.15, 0.2) is 36.8 Å². The highest BCUT2D eigenvalue weighted by Gasteiger charge is 2.31. The van der Waals surface area contributed by atoms with Crippen LogP contribution in [0.3, 0.4) is 0 Å². The third-order valence-electron chi connectivity index (χ3n) is 4.82. The van der Waals surface area contributed by atoms with Crippen molar-refractivity contribution in [3.8, 4) is 5.75 Å². The van der Waals surface area contributed by atoms with E-state index in [0.717, 1.165) is 0 Å². The summed E-state index contributed by atoms with van der Waals surface area (Å²) in [6.45, 7) is -0.424. The van der Waals surface area contributed by atoms with Gasteiger partial charge in [0.05, 0.1) is 19.3 Å². The number of hydrogen-bond acceptors (Lipinski definition) is 8. The number of H-pyrrole nitrogens is 1. The number of imidazole rings is 1. The van der Waals surface area contributed by atoms with Crippen molar-refractivity contribution in [3.63, 3.8) is 0 Å². The third-order valence-corrected chi connectivity index (χ3v) is 4.82. The molecule has 0 saturated heterocycles. The average Bonchev–Trinajstić information content (AvgIpc) is 3.31. The molecule has 0 aliphatic carbocycles. The lowest BCUT2D eigenvalue weighted by Gasteiger charge is -2.23. The number of rotatable bonds is 13. The van der Waals surface area contributed by atoms with Gasteiger partial charge in [0, 0.05) is 24.7 Å². The number of aliphatic carboxylic acids is 2. The van der Waals surface area contributed by atoms with Crippen LogP contribution in [-0.2, 0) is 36.8 Å². The first-order chi connectivity index (χ1) is 16.6. The van der Waals surface area contributed by atoms with Gasteiger partial charge in [-0.3, -0.25) is 19.2 Å². The smallest absolute Gasteiger partial charge is 0.326 e. The number of nitrogens with two attached hydrogens (primary N) is 1. The van der Waals surface area contributed by atoms with Crippen LogP contribution >= 0.6 is 0 Å². The molecular formula is C21H26N6O8. The normalized spacial score (nSPS) is 13.2. The Labute approximate surface area is 198 Å². The number of carboxylic acid groups (broad SMARTS) is 2. The summed E-state index contributed by atoms with van der Waals surface area (Å²) in [5, 5.41) is 34.9. The second kappa shape index (κ2) is 12.7. The molecule has 1 aromatic heterocycles. The minimum atomic E-state index is -1.64. The molecule has 0 aliphatic heterocycles. The van der Waals surface area contributed by atoms with Crippen LogP contribution in [0.5, 0.6) is 5.75 Å². The molecule has 1 heterocycles. The van der Waals surface area contributed by atoms with Crippen molar-refractivity contribution in [2.45, 2.75) is 37.4 Å². The number of phenols is 1. The average molecular weight is 490 g/mol. The summed E-state index contributed by atoms with van der Waals surface area (Å²) in [5.41, 5.74) is 6.26. The van der Waals surface area contributed by atoms with Gasteiger partial charge in [0.2, 0.25) is 17.7 Å². The van der Waals surface area contributed by atoms with Crippen molar-refractivity contribution in [1.82, 2.24) is 25.9 Å². The Kier molecular flexibility index (Phi) is 9.71. The summed E-state index contributed by atoms with van der Waals surface area (Å²) in [6, 6.07) is 1.47. The van der Waals surface area contributed by atoms with E-state index in [9.17, 15) is 39.3 Å². The Morgan fingerprint density at radius 3 is 2.09 bits per heavy atom. The quantitative estimate of drug-likeness (QED) is 0.152. The number of nitrogens with one attached hydrogen (secondary N) is 4. The fraction of sp³-hybridized carbons (Fsp3) is 0.333. The molecular weight excluding hydrogens is 464 g/mol. The molecule has 3 amide bonds. The van der Waals surface area contributed by atoms with Crippen molar-refractivity contribution in [2.75, 3.05) is 6.54 Å². The largest absolute Gasteiger partial charge is 0.508 e. The summed E-state index contributed by atoms with van der Waals surface area (Å²) in [6.07, 6.45) is 1.63. The molecule has 2 rings (SSSR count). The minimum absolute atomic E-state index is 0.0120. The summed E-state index contributed by atoms with van der Waals surface area (Å²) in [7, 11) is 0. The van der Waals surface area contributed by atoms with E-state index in [1.165, 1.54) is 36.8 Å². The number of nitrogens with zero attached hydrogens (tertiary/aromatic N) is 1. The zero-order chi connectivity index (χ0) is 26.0. The van der Waals surface area contributed by atoms with Gasteiger partial charge in [-0.2, -0.15) is 0 Å². The highest BCUT2D eigenvalue weighted by atomic mass is 16.4. The zero-order valence-electron chi connectivity index (χ0n) is 18.4. The summed E-state index contributed by atoms with van der Waals surface area (Å²) in [4.78, 5) is 66.9. The van der Waals surface area contributed by atoms with Crippen LogP contribution in [0.4, 0.5) is 0 Å². The molecule has 14 nitrogen and oxygen atoms in total. The molecule has 0 fully saturated rings. The first-order valence-electron chi connectivity index (χ1n) is 10.4. The van der Waals surface area contributed by atoms with Gasteiger partial charge in [-0.15, -0.1) is 0 Å². The number of hydrogen-bond donors (Lipinski definition) is 8. The molecule has 9 N–H and O–H groups in total. The Morgan fingerprint density at radius 1 is 0.914 bits per heavy atom. The lowest BCUT2D eigenvalue weighted by atomic mass is 10.0. The monoisotopic (exact) mass is 490 g/mol. The van der Waals surface area contributed by atoms with Crippen LogP contribution in [0.25, 0.3) is 0 Å². The van der Waals surface area contributed by atoms with Gasteiger partial charge >= 0.3 is 11.9 Å². The molecule has 3 atom stereocenters. The molecule has 0 saturated carbocycles. The van der Waals surface area contributed by atoms with E-state index >= 15 is 0 Å². The number of phenolic OH excluding ortho intramolecular Hbond substituents is 1. The lowest BCUT2D eigenvalue weighted by molar-refractivity contribution is -0.143. The second-order valence-electron chi connectivity index (χ2n) is 7.53. The number of carboxylic acids is 2. The zero-order valence-corrected chi connectivity index (χ0v) is 18.4. The van der Waals surface area contributed by atoms with Gasteiger partial charge in [-0.05, 0) is 17.7 Å². The molecule has 3 unspecified atom stereocenters. The molecule has 0 aliphatic rings. The fourth-order valence-corrected chi connectivity index (χ4v) is 3.08. The van der Waals surface area contributed by atoms with Crippen LogP contribution in [0.1, 0.15) is 17.7 Å². The molecule has 0 bridgehead atoms. The first kappa shape index (κ1) is 26.8. The molecule has 188 valence electrons. The topological polar surface area (TPSA) is 237 Å². The van der Waals surface area contributed by atoms with E-state index in [-0.39, 0.29) is 18.6 Å². The van der Waals surface area contributed by atoms with Crippen molar-refractivity contribution in [2.24, 2.45) is 5.73 Å². The molecule has 0 radical (unpaired) electrons. The van der Waals surface area contributed by atoms with Crippen molar-refractivity contribution in [1.29, 1.82) is 0 Å². The number of amides is 3.